The minimum Gasteiger partial charge on any atom is -0.461 e. The van der Waals surface area contributed by atoms with E-state index < -0.39 is 0 Å². The summed E-state index contributed by atoms with van der Waals surface area (Å²) in [7, 11) is 0. The molecule has 0 bridgehead atoms. The SMILES string of the molecule is CCC(C)(C)NC(=O)CSc1nnc(-c2ccco2)n1CC(C)C. The van der Waals surface area contributed by atoms with Crippen molar-refractivity contribution < 1.29 is 9.21 Å². The Hall–Kier alpha value is -1.76. The molecule has 0 atom stereocenters. The van der Waals surface area contributed by atoms with Crippen molar-refractivity contribution in [3.05, 3.63) is 18.4 Å². The predicted molar refractivity (Wildman–Crippen MR) is 95.8 cm³/mol. The predicted octanol–water partition coefficient (Wildman–Crippen LogP) is 3.59. The third-order valence-corrected chi connectivity index (χ3v) is 4.67. The van der Waals surface area contributed by atoms with Gasteiger partial charge in [-0.2, -0.15) is 0 Å². The summed E-state index contributed by atoms with van der Waals surface area (Å²) in [5.41, 5.74) is -0.192. The zero-order valence-corrected chi connectivity index (χ0v) is 15.8. The van der Waals surface area contributed by atoms with E-state index in [9.17, 15) is 4.79 Å². The third-order valence-electron chi connectivity index (χ3n) is 3.70. The van der Waals surface area contributed by atoms with Crippen molar-refractivity contribution in [3.8, 4) is 11.6 Å². The molecular formula is C17H26N4O2S. The molecule has 0 aliphatic carbocycles. The van der Waals surface area contributed by atoms with Crippen LogP contribution in [0.15, 0.2) is 28.0 Å². The van der Waals surface area contributed by atoms with Crippen molar-refractivity contribution >= 4 is 17.7 Å². The van der Waals surface area contributed by atoms with Crippen LogP contribution in [-0.4, -0.2) is 32.0 Å². The van der Waals surface area contributed by atoms with Gasteiger partial charge in [-0.05, 0) is 38.3 Å². The maximum Gasteiger partial charge on any atom is 0.230 e. The standard InChI is InChI=1S/C17H26N4O2S/c1-6-17(4,5)18-14(22)11-24-16-20-19-15(13-8-7-9-23-13)21(16)10-12(2)3/h7-9,12H,6,10-11H2,1-5H3,(H,18,22). The van der Waals surface area contributed by atoms with Crippen LogP contribution in [0.1, 0.15) is 41.0 Å². The zero-order chi connectivity index (χ0) is 17.7. The normalized spacial score (nSPS) is 11.9. The lowest BCUT2D eigenvalue weighted by Gasteiger charge is -2.24. The molecule has 0 aromatic carbocycles. The van der Waals surface area contributed by atoms with Gasteiger partial charge in [0.15, 0.2) is 16.7 Å². The molecule has 0 aliphatic heterocycles. The summed E-state index contributed by atoms with van der Waals surface area (Å²) in [6, 6.07) is 3.70. The Labute approximate surface area is 147 Å². The van der Waals surface area contributed by atoms with Crippen molar-refractivity contribution in [2.24, 2.45) is 5.92 Å². The molecule has 2 aromatic rings. The second kappa shape index (κ2) is 7.88. The van der Waals surface area contributed by atoms with Gasteiger partial charge in [0, 0.05) is 12.1 Å². The van der Waals surface area contributed by atoms with Crippen LogP contribution in [0.3, 0.4) is 0 Å². The highest BCUT2D eigenvalue weighted by Crippen LogP contribution is 2.25. The first-order chi connectivity index (χ1) is 11.3. The number of nitrogens with one attached hydrogen (secondary N) is 1. The first-order valence-corrected chi connectivity index (χ1v) is 9.22. The van der Waals surface area contributed by atoms with E-state index in [1.807, 2.05) is 30.5 Å². The van der Waals surface area contributed by atoms with Crippen LogP contribution < -0.4 is 5.32 Å². The molecule has 132 valence electrons. The summed E-state index contributed by atoms with van der Waals surface area (Å²) in [5.74, 6) is 2.14. The van der Waals surface area contributed by atoms with Gasteiger partial charge in [0.1, 0.15) is 0 Å². The van der Waals surface area contributed by atoms with E-state index in [-0.39, 0.29) is 11.4 Å². The molecule has 0 radical (unpaired) electrons. The van der Waals surface area contributed by atoms with Crippen LogP contribution in [0.25, 0.3) is 11.6 Å². The number of carbonyl (C=O) groups excluding carboxylic acids is 1. The van der Waals surface area contributed by atoms with E-state index in [0.29, 0.717) is 23.3 Å². The van der Waals surface area contributed by atoms with E-state index in [2.05, 4.69) is 36.3 Å². The number of hydrogen-bond acceptors (Lipinski definition) is 5. The molecule has 2 rings (SSSR count). The van der Waals surface area contributed by atoms with E-state index in [1.165, 1.54) is 11.8 Å². The number of thioether (sulfide) groups is 1. The molecule has 0 unspecified atom stereocenters. The highest BCUT2D eigenvalue weighted by Gasteiger charge is 2.21. The average Bonchev–Trinajstić information content (AvgIpc) is 3.14. The van der Waals surface area contributed by atoms with Crippen molar-refractivity contribution in [1.29, 1.82) is 0 Å². The Morgan fingerprint density at radius 2 is 2.17 bits per heavy atom. The first-order valence-electron chi connectivity index (χ1n) is 8.23. The van der Waals surface area contributed by atoms with Gasteiger partial charge in [0.2, 0.25) is 5.91 Å². The Kier molecular flexibility index (Phi) is 6.10. The smallest absolute Gasteiger partial charge is 0.230 e. The molecule has 0 fully saturated rings. The van der Waals surface area contributed by atoms with Crippen molar-refractivity contribution in [2.75, 3.05) is 5.75 Å². The summed E-state index contributed by atoms with van der Waals surface area (Å²) in [4.78, 5) is 12.2. The molecule has 0 saturated heterocycles. The van der Waals surface area contributed by atoms with Crippen molar-refractivity contribution in [1.82, 2.24) is 20.1 Å². The van der Waals surface area contributed by atoms with Gasteiger partial charge in [-0.25, -0.2) is 0 Å². The molecule has 0 saturated carbocycles. The van der Waals surface area contributed by atoms with Gasteiger partial charge < -0.3 is 9.73 Å². The van der Waals surface area contributed by atoms with Crippen LogP contribution in [-0.2, 0) is 11.3 Å². The van der Waals surface area contributed by atoms with Gasteiger partial charge in [-0.3, -0.25) is 9.36 Å². The number of rotatable bonds is 8. The molecule has 7 heteroatoms. The lowest BCUT2D eigenvalue weighted by atomic mass is 10.0. The Balaban J connectivity index is 2.11. The summed E-state index contributed by atoms with van der Waals surface area (Å²) in [6.07, 6.45) is 2.51. The Bertz CT molecular complexity index is 662. The topological polar surface area (TPSA) is 73.0 Å². The van der Waals surface area contributed by atoms with E-state index in [1.54, 1.807) is 6.26 Å². The first kappa shape index (κ1) is 18.6. The minimum absolute atomic E-state index is 0.00509. The summed E-state index contributed by atoms with van der Waals surface area (Å²) in [6.45, 7) is 11.1. The van der Waals surface area contributed by atoms with E-state index in [0.717, 1.165) is 18.1 Å². The van der Waals surface area contributed by atoms with Crippen LogP contribution in [0, 0.1) is 5.92 Å². The largest absolute Gasteiger partial charge is 0.461 e. The summed E-state index contributed by atoms with van der Waals surface area (Å²) in [5, 5.41) is 12.3. The van der Waals surface area contributed by atoms with Crippen LogP contribution in [0.4, 0.5) is 0 Å². The fourth-order valence-electron chi connectivity index (χ4n) is 2.15. The summed E-state index contributed by atoms with van der Waals surface area (Å²) < 4.78 is 7.47. The fraction of sp³-hybridized carbons (Fsp3) is 0.588. The van der Waals surface area contributed by atoms with Gasteiger partial charge in [0.25, 0.3) is 0 Å². The fourth-order valence-corrected chi connectivity index (χ4v) is 2.89. The highest BCUT2D eigenvalue weighted by atomic mass is 32.2. The zero-order valence-electron chi connectivity index (χ0n) is 15.0. The molecule has 6 nitrogen and oxygen atoms in total. The minimum atomic E-state index is -0.192. The van der Waals surface area contributed by atoms with Crippen LogP contribution in [0.2, 0.25) is 0 Å². The number of nitrogens with zero attached hydrogens (tertiary/aromatic N) is 3. The number of amides is 1. The third kappa shape index (κ3) is 4.87. The average molecular weight is 350 g/mol. The van der Waals surface area contributed by atoms with Crippen molar-refractivity contribution in [3.63, 3.8) is 0 Å². The second-order valence-corrected chi connectivity index (χ2v) is 7.80. The van der Waals surface area contributed by atoms with E-state index >= 15 is 0 Å². The summed E-state index contributed by atoms with van der Waals surface area (Å²) >= 11 is 1.40. The lowest BCUT2D eigenvalue weighted by Crippen LogP contribution is -2.43. The Morgan fingerprint density at radius 3 is 2.75 bits per heavy atom. The number of carbonyl (C=O) groups is 1. The van der Waals surface area contributed by atoms with Gasteiger partial charge in [-0.1, -0.05) is 32.5 Å². The van der Waals surface area contributed by atoms with Crippen LogP contribution in [0.5, 0.6) is 0 Å². The van der Waals surface area contributed by atoms with E-state index in [4.69, 9.17) is 4.42 Å². The molecule has 0 aliphatic rings. The quantitative estimate of drug-likeness (QED) is 0.737. The lowest BCUT2D eigenvalue weighted by molar-refractivity contribution is -0.120. The molecular weight excluding hydrogens is 324 g/mol. The molecule has 1 N–H and O–H groups in total. The molecule has 0 spiro atoms. The Morgan fingerprint density at radius 1 is 1.42 bits per heavy atom. The van der Waals surface area contributed by atoms with Gasteiger partial charge in [-0.15, -0.1) is 10.2 Å². The second-order valence-electron chi connectivity index (χ2n) is 6.86. The monoisotopic (exact) mass is 350 g/mol. The van der Waals surface area contributed by atoms with Crippen molar-refractivity contribution in [2.45, 2.75) is 58.3 Å². The van der Waals surface area contributed by atoms with Gasteiger partial charge >= 0.3 is 0 Å². The molecule has 2 heterocycles. The number of furan rings is 1. The number of aromatic nitrogens is 3. The molecule has 24 heavy (non-hydrogen) atoms. The molecule has 1 amide bonds. The number of hydrogen-bond donors (Lipinski definition) is 1. The maximum atomic E-state index is 12.2. The van der Waals surface area contributed by atoms with Gasteiger partial charge in [0.05, 0.1) is 12.0 Å². The van der Waals surface area contributed by atoms with Crippen LogP contribution >= 0.6 is 11.8 Å². The maximum absolute atomic E-state index is 12.2. The molecule has 2 aromatic heterocycles. The highest BCUT2D eigenvalue weighted by molar-refractivity contribution is 7.99.